The minimum Gasteiger partial charge on any atom is -0.338 e. The number of likely N-dealkylation sites (tertiary alicyclic amines) is 1. The normalized spacial score (nSPS) is 15.3. The first-order valence-corrected chi connectivity index (χ1v) is 9.78. The molecule has 0 radical (unpaired) electrons. The Bertz CT molecular complexity index is 1050. The van der Waals surface area contributed by atoms with Gasteiger partial charge in [-0.1, -0.05) is 23.7 Å². The third-order valence-electron chi connectivity index (χ3n) is 5.19. The van der Waals surface area contributed by atoms with Gasteiger partial charge in [-0.05, 0) is 43.4 Å². The molecule has 3 aromatic rings. The van der Waals surface area contributed by atoms with Crippen molar-refractivity contribution in [2.75, 3.05) is 13.1 Å². The molecule has 28 heavy (non-hydrogen) atoms. The molecule has 0 bridgehead atoms. The van der Waals surface area contributed by atoms with Crippen LogP contribution in [0.1, 0.15) is 34.5 Å². The highest BCUT2D eigenvalue weighted by Gasteiger charge is 2.25. The van der Waals surface area contributed by atoms with Gasteiger partial charge in [-0.25, -0.2) is 9.50 Å². The first-order chi connectivity index (χ1) is 13.5. The van der Waals surface area contributed by atoms with Crippen molar-refractivity contribution in [2.24, 2.45) is 5.73 Å². The van der Waals surface area contributed by atoms with Crippen molar-refractivity contribution in [2.45, 2.75) is 31.7 Å². The number of aromatic nitrogens is 3. The van der Waals surface area contributed by atoms with Gasteiger partial charge in [-0.3, -0.25) is 14.7 Å². The maximum absolute atomic E-state index is 12.9. The van der Waals surface area contributed by atoms with Gasteiger partial charge in [-0.15, -0.1) is 0 Å². The Morgan fingerprint density at radius 1 is 1.21 bits per heavy atom. The molecule has 0 aliphatic carbocycles. The van der Waals surface area contributed by atoms with Crippen LogP contribution in [0.4, 0.5) is 0 Å². The number of hydrogen-bond acceptors (Lipinski definition) is 4. The number of carbonyl (C=O) groups excluding carboxylic acids is 1. The van der Waals surface area contributed by atoms with E-state index >= 15 is 0 Å². The maximum Gasteiger partial charge on any atom is 0.272 e. The van der Waals surface area contributed by atoms with Gasteiger partial charge in [0, 0.05) is 42.1 Å². The van der Waals surface area contributed by atoms with Crippen LogP contribution < -0.4 is 11.3 Å². The van der Waals surface area contributed by atoms with Crippen molar-refractivity contribution in [1.82, 2.24) is 19.5 Å². The summed E-state index contributed by atoms with van der Waals surface area (Å²) in [6.07, 6.45) is 4.47. The third-order valence-corrected chi connectivity index (χ3v) is 5.44. The molecule has 7 nitrogen and oxygen atoms in total. The smallest absolute Gasteiger partial charge is 0.272 e. The number of fused-ring (bicyclic) bond motifs is 1. The molecule has 3 N–H and O–H groups in total. The zero-order valence-electron chi connectivity index (χ0n) is 15.4. The summed E-state index contributed by atoms with van der Waals surface area (Å²) in [6.45, 7) is 1.25. The number of aryl methyl sites for hydroxylation is 2. The second-order valence-corrected chi connectivity index (χ2v) is 7.62. The van der Waals surface area contributed by atoms with Crippen molar-refractivity contribution in [3.05, 3.63) is 68.7 Å². The van der Waals surface area contributed by atoms with Crippen LogP contribution in [0.25, 0.3) is 5.65 Å². The number of nitrogens with zero attached hydrogens (tertiary/aromatic N) is 3. The summed E-state index contributed by atoms with van der Waals surface area (Å²) in [7, 11) is 0. The van der Waals surface area contributed by atoms with E-state index in [1.165, 1.54) is 10.6 Å². The van der Waals surface area contributed by atoms with Crippen LogP contribution in [0.15, 0.2) is 41.3 Å². The minimum atomic E-state index is -0.226. The summed E-state index contributed by atoms with van der Waals surface area (Å²) in [5.74, 6) is -0.118. The fourth-order valence-electron chi connectivity index (χ4n) is 3.51. The van der Waals surface area contributed by atoms with Gasteiger partial charge in [0.05, 0.1) is 0 Å². The lowest BCUT2D eigenvalue weighted by molar-refractivity contribution is 0.0716. The number of piperidine rings is 1. The van der Waals surface area contributed by atoms with Crippen molar-refractivity contribution >= 4 is 23.2 Å². The molecule has 1 saturated heterocycles. The quantitative estimate of drug-likeness (QED) is 0.701. The van der Waals surface area contributed by atoms with E-state index in [9.17, 15) is 9.59 Å². The van der Waals surface area contributed by atoms with Crippen LogP contribution in [0, 0.1) is 0 Å². The number of H-pyrrole nitrogens is 1. The van der Waals surface area contributed by atoms with Crippen LogP contribution >= 0.6 is 11.6 Å². The largest absolute Gasteiger partial charge is 0.338 e. The van der Waals surface area contributed by atoms with Gasteiger partial charge in [0.1, 0.15) is 5.56 Å². The summed E-state index contributed by atoms with van der Waals surface area (Å²) in [5.41, 5.74) is 8.27. The molecule has 1 aliphatic heterocycles. The van der Waals surface area contributed by atoms with E-state index in [-0.39, 0.29) is 17.5 Å². The zero-order chi connectivity index (χ0) is 19.7. The Balaban J connectivity index is 1.58. The lowest BCUT2D eigenvalue weighted by atomic mass is 10.1. The van der Waals surface area contributed by atoms with Crippen molar-refractivity contribution in [3.63, 3.8) is 0 Å². The average Bonchev–Trinajstić information content (AvgIpc) is 3.12. The van der Waals surface area contributed by atoms with Crippen molar-refractivity contribution < 1.29 is 4.79 Å². The summed E-state index contributed by atoms with van der Waals surface area (Å²) in [6, 6.07) is 9.26. The number of benzene rings is 1. The molecule has 1 aliphatic rings. The van der Waals surface area contributed by atoms with Gasteiger partial charge in [0.15, 0.2) is 5.65 Å². The predicted molar refractivity (Wildman–Crippen MR) is 108 cm³/mol. The summed E-state index contributed by atoms with van der Waals surface area (Å²) < 4.78 is 1.31. The second kappa shape index (κ2) is 7.77. The molecular formula is C20H22ClN5O2. The number of nitrogens with two attached hydrogens (primary N) is 1. The molecule has 1 aromatic carbocycles. The van der Waals surface area contributed by atoms with E-state index in [1.54, 1.807) is 11.1 Å². The van der Waals surface area contributed by atoms with Crippen molar-refractivity contribution in [1.29, 1.82) is 0 Å². The van der Waals surface area contributed by atoms with Crippen LogP contribution in [0.5, 0.6) is 0 Å². The SMILES string of the molecule is NC1CCN(C(=O)c2c[nH]n3c(=O)cc(CCc4ccc(Cl)cc4)nc23)CC1. The van der Waals surface area contributed by atoms with E-state index in [2.05, 4.69) is 10.1 Å². The summed E-state index contributed by atoms with van der Waals surface area (Å²) in [4.78, 5) is 31.7. The number of amides is 1. The van der Waals surface area contributed by atoms with Crippen LogP contribution in [-0.2, 0) is 12.8 Å². The van der Waals surface area contributed by atoms with E-state index in [0.29, 0.717) is 41.4 Å². The zero-order valence-corrected chi connectivity index (χ0v) is 16.2. The van der Waals surface area contributed by atoms with E-state index in [0.717, 1.165) is 24.8 Å². The molecule has 2 aromatic heterocycles. The number of hydrogen-bond donors (Lipinski definition) is 2. The lowest BCUT2D eigenvalue weighted by Crippen LogP contribution is -2.42. The molecule has 0 atom stereocenters. The monoisotopic (exact) mass is 399 g/mol. The molecule has 4 rings (SSSR count). The Hall–Kier alpha value is -2.64. The van der Waals surface area contributed by atoms with Crippen molar-refractivity contribution in [3.8, 4) is 0 Å². The molecule has 1 amide bonds. The highest BCUT2D eigenvalue weighted by atomic mass is 35.5. The average molecular weight is 400 g/mol. The predicted octanol–water partition coefficient (Wildman–Crippen LogP) is 2.02. The van der Waals surface area contributed by atoms with E-state index < -0.39 is 0 Å². The van der Waals surface area contributed by atoms with Gasteiger partial charge >= 0.3 is 0 Å². The molecular weight excluding hydrogens is 378 g/mol. The minimum absolute atomic E-state index is 0.118. The number of aromatic amines is 1. The third kappa shape index (κ3) is 3.81. The van der Waals surface area contributed by atoms with E-state index in [4.69, 9.17) is 17.3 Å². The van der Waals surface area contributed by atoms with Crippen LogP contribution in [0.3, 0.4) is 0 Å². The molecule has 146 valence electrons. The number of carbonyl (C=O) groups is 1. The van der Waals surface area contributed by atoms with Gasteiger partial charge in [0.25, 0.3) is 11.5 Å². The molecule has 1 fully saturated rings. The molecule has 3 heterocycles. The van der Waals surface area contributed by atoms with Gasteiger partial charge in [0.2, 0.25) is 0 Å². The van der Waals surface area contributed by atoms with Crippen LogP contribution in [0.2, 0.25) is 5.02 Å². The first kappa shape index (κ1) is 18.7. The Labute approximate surface area is 167 Å². The Kier molecular flexibility index (Phi) is 5.19. The highest BCUT2D eigenvalue weighted by Crippen LogP contribution is 2.16. The summed E-state index contributed by atoms with van der Waals surface area (Å²) >= 11 is 5.92. The van der Waals surface area contributed by atoms with Gasteiger partial charge in [-0.2, -0.15) is 0 Å². The molecule has 0 spiro atoms. The molecule has 0 unspecified atom stereocenters. The Morgan fingerprint density at radius 3 is 2.64 bits per heavy atom. The number of nitrogens with one attached hydrogen (secondary N) is 1. The fourth-order valence-corrected chi connectivity index (χ4v) is 3.64. The number of rotatable bonds is 4. The first-order valence-electron chi connectivity index (χ1n) is 9.40. The van der Waals surface area contributed by atoms with Gasteiger partial charge < -0.3 is 10.6 Å². The topological polar surface area (TPSA) is 96.5 Å². The Morgan fingerprint density at radius 2 is 1.93 bits per heavy atom. The summed E-state index contributed by atoms with van der Waals surface area (Å²) in [5, 5.41) is 3.54. The molecule has 0 saturated carbocycles. The van der Waals surface area contributed by atoms with Crippen LogP contribution in [-0.4, -0.2) is 44.5 Å². The molecule has 8 heteroatoms. The lowest BCUT2D eigenvalue weighted by Gasteiger charge is -2.29. The standard InChI is InChI=1S/C20H22ClN5O2/c21-14-4-1-13(2-5-14)3-6-16-11-18(27)26-19(24-16)17(12-23-26)20(28)25-9-7-15(22)8-10-25/h1-2,4-5,11-12,15,23H,3,6-10,22H2. The van der Waals surface area contributed by atoms with E-state index in [1.807, 2.05) is 24.3 Å². The maximum atomic E-state index is 12.9. The second-order valence-electron chi connectivity index (χ2n) is 7.19. The fraction of sp³-hybridized carbons (Fsp3) is 0.350. The number of halogens is 1. The highest BCUT2D eigenvalue weighted by molar-refractivity contribution is 6.30.